The van der Waals surface area contributed by atoms with E-state index in [-0.39, 0.29) is 18.1 Å². The molecule has 3 rings (SSSR count). The number of hydrogen-bond acceptors (Lipinski definition) is 4. The molecule has 0 amide bonds. The molecule has 0 spiro atoms. The first-order valence-electron chi connectivity index (χ1n) is 7.10. The number of benzene rings is 1. The first-order valence-corrected chi connectivity index (χ1v) is 8.04. The largest absolute Gasteiger partial charge is 0.494 e. The van der Waals surface area contributed by atoms with Gasteiger partial charge in [0.1, 0.15) is 0 Å². The van der Waals surface area contributed by atoms with Crippen LogP contribution in [0.2, 0.25) is 0 Å². The molecule has 5 nitrogen and oxygen atoms in total. The van der Waals surface area contributed by atoms with Crippen LogP contribution >= 0.6 is 11.3 Å². The molecular formula is C17H14FNO4S. The number of carbonyl (C=O) groups excluding carboxylic acids is 1. The Balaban J connectivity index is 2.32. The molecule has 0 unspecified atom stereocenters. The summed E-state index contributed by atoms with van der Waals surface area (Å²) in [6, 6.07) is 4.32. The molecule has 7 heteroatoms. The average molecular weight is 347 g/mol. The number of methoxy groups -OCH3 is 1. The van der Waals surface area contributed by atoms with Crippen molar-refractivity contribution < 1.29 is 23.8 Å². The van der Waals surface area contributed by atoms with Gasteiger partial charge in [-0.05, 0) is 30.0 Å². The van der Waals surface area contributed by atoms with Gasteiger partial charge in [-0.25, -0.2) is 4.39 Å². The second-order valence-corrected chi connectivity index (χ2v) is 6.07. The lowest BCUT2D eigenvalue weighted by molar-refractivity contribution is -0.136. The summed E-state index contributed by atoms with van der Waals surface area (Å²) in [6.07, 6.45) is -0.263. The minimum Gasteiger partial charge on any atom is -0.494 e. The van der Waals surface area contributed by atoms with E-state index in [9.17, 15) is 14.0 Å². The molecule has 1 aromatic carbocycles. The van der Waals surface area contributed by atoms with E-state index in [4.69, 9.17) is 9.84 Å². The summed E-state index contributed by atoms with van der Waals surface area (Å²) in [6.45, 7) is 1.66. The maximum absolute atomic E-state index is 14.1. The van der Waals surface area contributed by atoms with Crippen molar-refractivity contribution in [3.63, 3.8) is 0 Å². The zero-order chi connectivity index (χ0) is 17.4. The maximum atomic E-state index is 14.1. The summed E-state index contributed by atoms with van der Waals surface area (Å²) in [4.78, 5) is 24.0. The van der Waals surface area contributed by atoms with Crippen molar-refractivity contribution in [2.24, 2.45) is 0 Å². The minimum atomic E-state index is -1.02. The van der Waals surface area contributed by atoms with Crippen LogP contribution < -0.4 is 4.74 Å². The number of thiophene rings is 1. The molecule has 0 fully saturated rings. The fraction of sp³-hybridized carbons (Fsp3) is 0.176. The van der Waals surface area contributed by atoms with Crippen molar-refractivity contribution in [3.8, 4) is 5.75 Å². The molecule has 2 heterocycles. The smallest absolute Gasteiger partial charge is 0.307 e. The Labute approximate surface area is 140 Å². The molecule has 24 heavy (non-hydrogen) atoms. The monoisotopic (exact) mass is 347 g/mol. The molecule has 0 atom stereocenters. The van der Waals surface area contributed by atoms with Crippen LogP contribution in [0, 0.1) is 12.7 Å². The van der Waals surface area contributed by atoms with Gasteiger partial charge in [0.2, 0.25) is 0 Å². The highest BCUT2D eigenvalue weighted by Crippen LogP contribution is 2.32. The molecule has 2 aromatic heterocycles. The van der Waals surface area contributed by atoms with Gasteiger partial charge in [0, 0.05) is 22.5 Å². The molecule has 0 saturated heterocycles. The lowest BCUT2D eigenvalue weighted by Crippen LogP contribution is -2.13. The number of fused-ring (bicyclic) bond motifs is 1. The number of hydrogen-bond donors (Lipinski definition) is 1. The Morgan fingerprint density at radius 1 is 1.38 bits per heavy atom. The summed E-state index contributed by atoms with van der Waals surface area (Å²) in [5.41, 5.74) is 1.76. The molecule has 0 radical (unpaired) electrons. The Morgan fingerprint density at radius 2 is 2.12 bits per heavy atom. The highest BCUT2D eigenvalue weighted by atomic mass is 32.1. The van der Waals surface area contributed by atoms with Gasteiger partial charge in [-0.1, -0.05) is 0 Å². The van der Waals surface area contributed by atoms with Crippen molar-refractivity contribution in [1.82, 2.24) is 4.57 Å². The molecule has 0 bridgehead atoms. The normalized spacial score (nSPS) is 11.0. The minimum absolute atomic E-state index is 0.00858. The third-order valence-electron chi connectivity index (χ3n) is 3.91. The molecule has 0 aliphatic heterocycles. The molecule has 1 N–H and O–H groups in total. The number of ether oxygens (including phenoxy) is 1. The SMILES string of the molecule is COc1cc2c(CC(=O)O)c(C)n(C(=O)c3ccsc3)c2cc1F. The summed E-state index contributed by atoms with van der Waals surface area (Å²) < 4.78 is 20.5. The second-order valence-electron chi connectivity index (χ2n) is 5.29. The number of aromatic nitrogens is 1. The van der Waals surface area contributed by atoms with Gasteiger partial charge >= 0.3 is 5.97 Å². The predicted octanol–water partition coefficient (Wildman–Crippen LogP) is 3.47. The van der Waals surface area contributed by atoms with E-state index in [2.05, 4.69) is 0 Å². The van der Waals surface area contributed by atoms with Crippen molar-refractivity contribution in [3.05, 3.63) is 51.6 Å². The number of rotatable bonds is 4. The molecule has 0 aliphatic rings. The van der Waals surface area contributed by atoms with E-state index in [1.807, 2.05) is 0 Å². The standard InChI is InChI=1S/C17H14FNO4S/c1-9-11(6-16(20)21)12-5-15(23-2)13(18)7-14(12)19(9)17(22)10-3-4-24-8-10/h3-5,7-8H,6H2,1-2H3,(H,20,21). The van der Waals surface area contributed by atoms with Gasteiger partial charge in [-0.3, -0.25) is 14.2 Å². The van der Waals surface area contributed by atoms with Crippen molar-refractivity contribution in [1.29, 1.82) is 0 Å². The molecule has 124 valence electrons. The first kappa shape index (κ1) is 16.2. The predicted molar refractivity (Wildman–Crippen MR) is 88.6 cm³/mol. The fourth-order valence-corrected chi connectivity index (χ4v) is 3.42. The van der Waals surface area contributed by atoms with E-state index in [1.165, 1.54) is 35.1 Å². The van der Waals surface area contributed by atoms with E-state index in [1.54, 1.807) is 23.8 Å². The number of nitrogens with zero attached hydrogens (tertiary/aromatic N) is 1. The maximum Gasteiger partial charge on any atom is 0.307 e. The lowest BCUT2D eigenvalue weighted by atomic mass is 10.1. The van der Waals surface area contributed by atoms with Crippen LogP contribution in [-0.4, -0.2) is 28.7 Å². The van der Waals surface area contributed by atoms with Gasteiger partial charge in [0.25, 0.3) is 5.91 Å². The van der Waals surface area contributed by atoms with E-state index in [0.717, 1.165) is 0 Å². The van der Waals surface area contributed by atoms with Gasteiger partial charge in [0.15, 0.2) is 11.6 Å². The third-order valence-corrected chi connectivity index (χ3v) is 4.59. The number of carboxylic acid groups (broad SMARTS) is 1. The summed E-state index contributed by atoms with van der Waals surface area (Å²) in [7, 11) is 1.33. The van der Waals surface area contributed by atoms with Crippen LogP contribution in [0.15, 0.2) is 29.0 Å². The van der Waals surface area contributed by atoms with Crippen molar-refractivity contribution >= 4 is 34.1 Å². The van der Waals surface area contributed by atoms with Gasteiger partial charge < -0.3 is 9.84 Å². The van der Waals surface area contributed by atoms with E-state index >= 15 is 0 Å². The molecule has 3 aromatic rings. The Hall–Kier alpha value is -2.67. The quantitative estimate of drug-likeness (QED) is 0.785. The fourth-order valence-electron chi connectivity index (χ4n) is 2.79. The summed E-state index contributed by atoms with van der Waals surface area (Å²) in [5.74, 6) is -1.94. The second kappa shape index (κ2) is 6.09. The highest BCUT2D eigenvalue weighted by Gasteiger charge is 2.23. The first-order chi connectivity index (χ1) is 11.4. The summed E-state index contributed by atoms with van der Waals surface area (Å²) in [5, 5.41) is 13.1. The Kier molecular flexibility index (Phi) is 4.11. The van der Waals surface area contributed by atoms with Crippen LogP contribution in [0.25, 0.3) is 10.9 Å². The van der Waals surface area contributed by atoms with Crippen LogP contribution in [0.3, 0.4) is 0 Å². The number of carbonyl (C=O) groups is 2. The lowest BCUT2D eigenvalue weighted by Gasteiger charge is -2.07. The van der Waals surface area contributed by atoms with Crippen LogP contribution in [-0.2, 0) is 11.2 Å². The van der Waals surface area contributed by atoms with E-state index in [0.29, 0.717) is 27.7 Å². The highest BCUT2D eigenvalue weighted by molar-refractivity contribution is 7.08. The Morgan fingerprint density at radius 3 is 2.71 bits per heavy atom. The van der Waals surface area contributed by atoms with Gasteiger partial charge in [-0.15, -0.1) is 0 Å². The number of aliphatic carboxylic acids is 1. The zero-order valence-corrected chi connectivity index (χ0v) is 13.8. The number of carboxylic acids is 1. The van der Waals surface area contributed by atoms with Crippen LogP contribution in [0.1, 0.15) is 21.6 Å². The van der Waals surface area contributed by atoms with E-state index < -0.39 is 11.8 Å². The average Bonchev–Trinajstić information content (AvgIpc) is 3.14. The van der Waals surface area contributed by atoms with Gasteiger partial charge in [-0.2, -0.15) is 11.3 Å². The third kappa shape index (κ3) is 2.56. The number of halogens is 1. The Bertz CT molecular complexity index is 944. The topological polar surface area (TPSA) is 68.5 Å². The van der Waals surface area contributed by atoms with Crippen molar-refractivity contribution in [2.75, 3.05) is 7.11 Å². The van der Waals surface area contributed by atoms with Crippen LogP contribution in [0.4, 0.5) is 4.39 Å². The van der Waals surface area contributed by atoms with Gasteiger partial charge in [0.05, 0.1) is 24.6 Å². The molecule has 0 aliphatic carbocycles. The molecule has 0 saturated carbocycles. The van der Waals surface area contributed by atoms with Crippen molar-refractivity contribution in [2.45, 2.75) is 13.3 Å². The summed E-state index contributed by atoms with van der Waals surface area (Å²) >= 11 is 1.38. The molecular weight excluding hydrogens is 333 g/mol. The van der Waals surface area contributed by atoms with Crippen LogP contribution in [0.5, 0.6) is 5.75 Å². The zero-order valence-electron chi connectivity index (χ0n) is 13.0.